The number of hydrogen-bond acceptors (Lipinski definition) is 2. The molecule has 1 N–H and O–H groups in total. The molecule has 0 aliphatic rings. The Kier molecular flexibility index (Phi) is 6.45. The van der Waals surface area contributed by atoms with Gasteiger partial charge in [-0.2, -0.15) is 0 Å². The zero-order valence-electron chi connectivity index (χ0n) is 17.1. The fourth-order valence-corrected chi connectivity index (χ4v) is 3.19. The first-order valence-corrected chi connectivity index (χ1v) is 9.80. The summed E-state index contributed by atoms with van der Waals surface area (Å²) in [6.07, 6.45) is 0. The molecule has 0 aromatic heterocycles. The number of rotatable bonds is 6. The molecule has 3 rings (SSSR count). The SMILES string of the molecule is CCN(Cc1ccccc1)C(=O)c1cccc(C(=O)Nc2cccc(C)c2C)c1. The van der Waals surface area contributed by atoms with E-state index in [4.69, 9.17) is 0 Å². The molecule has 0 saturated carbocycles. The molecule has 2 amide bonds. The minimum Gasteiger partial charge on any atom is -0.335 e. The Morgan fingerprint density at radius 3 is 2.28 bits per heavy atom. The summed E-state index contributed by atoms with van der Waals surface area (Å²) in [5, 5.41) is 2.95. The highest BCUT2D eigenvalue weighted by molar-refractivity contribution is 6.06. The Bertz CT molecular complexity index is 1010. The van der Waals surface area contributed by atoms with Crippen LogP contribution in [0.1, 0.15) is 44.3 Å². The van der Waals surface area contributed by atoms with Crippen LogP contribution in [-0.2, 0) is 6.54 Å². The summed E-state index contributed by atoms with van der Waals surface area (Å²) in [6.45, 7) is 7.07. The zero-order chi connectivity index (χ0) is 20.8. The lowest BCUT2D eigenvalue weighted by molar-refractivity contribution is 0.0752. The number of nitrogens with zero attached hydrogens (tertiary/aromatic N) is 1. The quantitative estimate of drug-likeness (QED) is 0.631. The van der Waals surface area contributed by atoms with Gasteiger partial charge in [0.2, 0.25) is 0 Å². The van der Waals surface area contributed by atoms with Gasteiger partial charge in [0.05, 0.1) is 0 Å². The maximum Gasteiger partial charge on any atom is 0.255 e. The molecular weight excluding hydrogens is 360 g/mol. The van der Waals surface area contributed by atoms with Crippen LogP contribution in [0.5, 0.6) is 0 Å². The molecule has 0 saturated heterocycles. The first-order chi connectivity index (χ1) is 14.0. The number of aryl methyl sites for hydroxylation is 1. The van der Waals surface area contributed by atoms with E-state index in [-0.39, 0.29) is 11.8 Å². The lowest BCUT2D eigenvalue weighted by Gasteiger charge is -2.21. The molecule has 29 heavy (non-hydrogen) atoms. The van der Waals surface area contributed by atoms with Gasteiger partial charge < -0.3 is 10.2 Å². The van der Waals surface area contributed by atoms with Crippen molar-refractivity contribution < 1.29 is 9.59 Å². The topological polar surface area (TPSA) is 49.4 Å². The van der Waals surface area contributed by atoms with Crippen molar-refractivity contribution in [1.29, 1.82) is 0 Å². The third kappa shape index (κ3) is 4.91. The normalized spacial score (nSPS) is 10.4. The average Bonchev–Trinajstić information content (AvgIpc) is 2.75. The smallest absolute Gasteiger partial charge is 0.255 e. The maximum atomic E-state index is 13.0. The molecule has 0 bridgehead atoms. The highest BCUT2D eigenvalue weighted by Gasteiger charge is 2.17. The molecule has 0 radical (unpaired) electrons. The van der Waals surface area contributed by atoms with E-state index in [1.165, 1.54) is 0 Å². The van der Waals surface area contributed by atoms with Crippen molar-refractivity contribution in [3.8, 4) is 0 Å². The van der Waals surface area contributed by atoms with Gasteiger partial charge in [0.25, 0.3) is 11.8 Å². The van der Waals surface area contributed by atoms with Crippen molar-refractivity contribution >= 4 is 17.5 Å². The van der Waals surface area contributed by atoms with Crippen LogP contribution in [-0.4, -0.2) is 23.3 Å². The summed E-state index contributed by atoms with van der Waals surface area (Å²) in [7, 11) is 0. The molecule has 0 spiro atoms. The molecule has 0 heterocycles. The van der Waals surface area contributed by atoms with E-state index in [9.17, 15) is 9.59 Å². The summed E-state index contributed by atoms with van der Waals surface area (Å²) in [5.41, 5.74) is 4.99. The standard InChI is InChI=1S/C25H26N2O2/c1-4-27(17-20-11-6-5-7-12-20)25(29)22-14-9-13-21(16-22)24(28)26-23-15-8-10-18(2)19(23)3/h5-16H,4,17H2,1-3H3,(H,26,28). The summed E-state index contributed by atoms with van der Waals surface area (Å²) < 4.78 is 0. The van der Waals surface area contributed by atoms with Crippen LogP contribution in [0, 0.1) is 13.8 Å². The first kappa shape index (κ1) is 20.3. The molecule has 148 valence electrons. The van der Waals surface area contributed by atoms with Crippen molar-refractivity contribution in [3.63, 3.8) is 0 Å². The number of anilines is 1. The number of carbonyl (C=O) groups is 2. The minimum atomic E-state index is -0.223. The average molecular weight is 386 g/mol. The van der Waals surface area contributed by atoms with Crippen LogP contribution >= 0.6 is 0 Å². The van der Waals surface area contributed by atoms with Gasteiger partial charge in [-0.05, 0) is 61.7 Å². The molecule has 3 aromatic rings. The van der Waals surface area contributed by atoms with Gasteiger partial charge in [-0.25, -0.2) is 0 Å². The van der Waals surface area contributed by atoms with E-state index in [2.05, 4.69) is 5.32 Å². The minimum absolute atomic E-state index is 0.0854. The summed E-state index contributed by atoms with van der Waals surface area (Å²) in [5.74, 6) is -0.308. The largest absolute Gasteiger partial charge is 0.335 e. The van der Waals surface area contributed by atoms with E-state index in [1.807, 2.05) is 69.3 Å². The van der Waals surface area contributed by atoms with Gasteiger partial charge in [-0.3, -0.25) is 9.59 Å². The van der Waals surface area contributed by atoms with Gasteiger partial charge in [0.15, 0.2) is 0 Å². The number of benzene rings is 3. The van der Waals surface area contributed by atoms with Crippen molar-refractivity contribution in [2.24, 2.45) is 0 Å². The van der Waals surface area contributed by atoms with Crippen molar-refractivity contribution in [2.75, 3.05) is 11.9 Å². The molecule has 4 heteroatoms. The van der Waals surface area contributed by atoms with Crippen molar-refractivity contribution in [3.05, 3.63) is 101 Å². The third-order valence-electron chi connectivity index (χ3n) is 5.11. The van der Waals surface area contributed by atoms with Gasteiger partial charge in [0.1, 0.15) is 0 Å². The number of nitrogens with one attached hydrogen (secondary N) is 1. The molecule has 0 fully saturated rings. The van der Waals surface area contributed by atoms with Crippen LogP contribution in [0.3, 0.4) is 0 Å². The predicted molar refractivity (Wildman–Crippen MR) is 117 cm³/mol. The number of hydrogen-bond donors (Lipinski definition) is 1. The number of carbonyl (C=O) groups excluding carboxylic acids is 2. The monoisotopic (exact) mass is 386 g/mol. The Labute approximate surface area is 172 Å². The summed E-state index contributed by atoms with van der Waals surface area (Å²) in [4.78, 5) is 27.5. The van der Waals surface area contributed by atoms with Crippen LogP contribution in [0.2, 0.25) is 0 Å². The lowest BCUT2D eigenvalue weighted by atomic mass is 10.1. The summed E-state index contributed by atoms with van der Waals surface area (Å²) >= 11 is 0. The van der Waals surface area contributed by atoms with Gasteiger partial charge in [0, 0.05) is 29.9 Å². The second kappa shape index (κ2) is 9.20. The van der Waals surface area contributed by atoms with Gasteiger partial charge in [-0.1, -0.05) is 48.5 Å². The van der Waals surface area contributed by atoms with Crippen LogP contribution in [0.25, 0.3) is 0 Å². The zero-order valence-corrected chi connectivity index (χ0v) is 17.1. The molecular formula is C25H26N2O2. The van der Waals surface area contributed by atoms with Crippen LogP contribution in [0.15, 0.2) is 72.8 Å². The van der Waals surface area contributed by atoms with E-state index >= 15 is 0 Å². The molecule has 0 unspecified atom stereocenters. The predicted octanol–water partition coefficient (Wildman–Crippen LogP) is 5.22. The molecule has 3 aromatic carbocycles. The Hall–Kier alpha value is -3.40. The van der Waals surface area contributed by atoms with Crippen LogP contribution in [0.4, 0.5) is 5.69 Å². The Morgan fingerprint density at radius 2 is 1.55 bits per heavy atom. The van der Waals surface area contributed by atoms with Crippen molar-refractivity contribution in [2.45, 2.75) is 27.3 Å². The number of amides is 2. The molecule has 0 atom stereocenters. The third-order valence-corrected chi connectivity index (χ3v) is 5.11. The first-order valence-electron chi connectivity index (χ1n) is 9.80. The highest BCUT2D eigenvalue weighted by atomic mass is 16.2. The van der Waals surface area contributed by atoms with E-state index in [0.717, 1.165) is 22.4 Å². The van der Waals surface area contributed by atoms with E-state index in [1.54, 1.807) is 29.2 Å². The molecule has 0 aliphatic carbocycles. The maximum absolute atomic E-state index is 13.0. The second-order valence-electron chi connectivity index (χ2n) is 7.09. The van der Waals surface area contributed by atoms with Crippen molar-refractivity contribution in [1.82, 2.24) is 4.90 Å². The lowest BCUT2D eigenvalue weighted by Crippen LogP contribution is -2.30. The van der Waals surface area contributed by atoms with E-state index in [0.29, 0.717) is 24.2 Å². The summed E-state index contributed by atoms with van der Waals surface area (Å²) in [6, 6.07) is 22.6. The van der Waals surface area contributed by atoms with E-state index < -0.39 is 0 Å². The van der Waals surface area contributed by atoms with Crippen LogP contribution < -0.4 is 5.32 Å². The fourth-order valence-electron chi connectivity index (χ4n) is 3.19. The Balaban J connectivity index is 1.78. The second-order valence-corrected chi connectivity index (χ2v) is 7.09. The Morgan fingerprint density at radius 1 is 0.862 bits per heavy atom. The fraction of sp³-hybridized carbons (Fsp3) is 0.200. The molecule has 0 aliphatic heterocycles. The molecule has 4 nitrogen and oxygen atoms in total. The van der Waals surface area contributed by atoms with Gasteiger partial charge >= 0.3 is 0 Å². The van der Waals surface area contributed by atoms with Gasteiger partial charge in [-0.15, -0.1) is 0 Å². The highest BCUT2D eigenvalue weighted by Crippen LogP contribution is 2.19.